The van der Waals surface area contributed by atoms with Crippen molar-refractivity contribution in [3.63, 3.8) is 0 Å². The Balaban J connectivity index is 1.59. The normalized spacial score (nSPS) is 17.9. The Hall–Kier alpha value is -2.45. The molecule has 1 saturated heterocycles. The van der Waals surface area contributed by atoms with Crippen LogP contribution in [0.2, 0.25) is 0 Å². The Morgan fingerprint density at radius 3 is 2.25 bits per heavy atom. The van der Waals surface area contributed by atoms with Gasteiger partial charge in [-0.25, -0.2) is 0 Å². The number of hydrogen-bond donors (Lipinski definition) is 0. The maximum Gasteiger partial charge on any atom is 0.312 e. The second kappa shape index (κ2) is 6.21. The number of aromatic nitrogens is 2. The summed E-state index contributed by atoms with van der Waals surface area (Å²) in [5.74, 6) is 0.271. The fraction of sp³-hybridized carbons (Fsp3) is 0.667. The number of rotatable bonds is 4. The lowest BCUT2D eigenvalue weighted by Gasteiger charge is -2.35. The van der Waals surface area contributed by atoms with E-state index in [4.69, 9.17) is 0 Å². The lowest BCUT2D eigenvalue weighted by molar-refractivity contribution is -0.386. The Kier molecular flexibility index (Phi) is 4.25. The zero-order valence-corrected chi connectivity index (χ0v) is 13.9. The van der Waals surface area contributed by atoms with Gasteiger partial charge in [-0.05, 0) is 26.7 Å². The highest BCUT2D eigenvalue weighted by atomic mass is 16.6. The lowest BCUT2D eigenvalue weighted by Crippen LogP contribution is -2.51. The summed E-state index contributed by atoms with van der Waals surface area (Å²) in [5, 5.41) is 15.1. The van der Waals surface area contributed by atoms with Crippen molar-refractivity contribution in [2.75, 3.05) is 26.2 Å². The molecule has 0 atom stereocenters. The summed E-state index contributed by atoms with van der Waals surface area (Å²) in [6.45, 7) is 5.25. The SMILES string of the molecule is Cc1nn(CC(=O)N2CCN(C(=O)C3CC3)CC2)c(C)c1[N+](=O)[O-]. The average molecular weight is 335 g/mol. The first-order valence-corrected chi connectivity index (χ1v) is 8.13. The molecule has 1 aromatic rings. The molecule has 2 heterocycles. The lowest BCUT2D eigenvalue weighted by atomic mass is 10.2. The highest BCUT2D eigenvalue weighted by Crippen LogP contribution is 2.31. The van der Waals surface area contributed by atoms with Crippen molar-refractivity contribution in [1.29, 1.82) is 0 Å². The van der Waals surface area contributed by atoms with Crippen molar-refractivity contribution in [2.24, 2.45) is 5.92 Å². The Labute approximate surface area is 139 Å². The first kappa shape index (κ1) is 16.4. The molecule has 1 aliphatic heterocycles. The predicted molar refractivity (Wildman–Crippen MR) is 84.2 cm³/mol. The molecule has 0 radical (unpaired) electrons. The summed E-state index contributed by atoms with van der Waals surface area (Å²) < 4.78 is 1.39. The van der Waals surface area contributed by atoms with Gasteiger partial charge in [-0.1, -0.05) is 0 Å². The van der Waals surface area contributed by atoms with E-state index in [0.29, 0.717) is 37.6 Å². The van der Waals surface area contributed by atoms with Crippen LogP contribution in [0.15, 0.2) is 0 Å². The molecule has 9 nitrogen and oxygen atoms in total. The van der Waals surface area contributed by atoms with Gasteiger partial charge in [-0.3, -0.25) is 24.4 Å². The van der Waals surface area contributed by atoms with E-state index < -0.39 is 4.92 Å². The minimum Gasteiger partial charge on any atom is -0.339 e. The summed E-state index contributed by atoms with van der Waals surface area (Å²) in [5.41, 5.74) is 0.654. The summed E-state index contributed by atoms with van der Waals surface area (Å²) in [6, 6.07) is 0. The number of piperazine rings is 1. The monoisotopic (exact) mass is 335 g/mol. The van der Waals surface area contributed by atoms with Crippen LogP contribution in [0.1, 0.15) is 24.2 Å². The van der Waals surface area contributed by atoms with Gasteiger partial charge in [-0.15, -0.1) is 0 Å². The Morgan fingerprint density at radius 2 is 1.75 bits per heavy atom. The highest BCUT2D eigenvalue weighted by Gasteiger charge is 2.35. The van der Waals surface area contributed by atoms with Crippen LogP contribution in [0.5, 0.6) is 0 Å². The summed E-state index contributed by atoms with van der Waals surface area (Å²) >= 11 is 0. The van der Waals surface area contributed by atoms with Crippen molar-refractivity contribution < 1.29 is 14.5 Å². The van der Waals surface area contributed by atoms with Gasteiger partial charge < -0.3 is 9.80 Å². The molecule has 0 unspecified atom stereocenters. The van der Waals surface area contributed by atoms with Gasteiger partial charge in [0.25, 0.3) is 0 Å². The van der Waals surface area contributed by atoms with Gasteiger partial charge in [0.2, 0.25) is 11.8 Å². The molecule has 1 saturated carbocycles. The molecule has 130 valence electrons. The summed E-state index contributed by atoms with van der Waals surface area (Å²) in [7, 11) is 0. The standard InChI is InChI=1S/C15H21N5O4/c1-10-14(20(23)24)11(2)19(16-10)9-13(21)17-5-7-18(8-6-17)15(22)12-3-4-12/h12H,3-9H2,1-2H3. The number of nitro groups is 1. The van der Waals surface area contributed by atoms with Crippen molar-refractivity contribution in [1.82, 2.24) is 19.6 Å². The van der Waals surface area contributed by atoms with Gasteiger partial charge in [0, 0.05) is 32.1 Å². The topological polar surface area (TPSA) is 102 Å². The molecule has 2 fully saturated rings. The largest absolute Gasteiger partial charge is 0.339 e. The maximum absolute atomic E-state index is 12.4. The Bertz CT molecular complexity index is 686. The molecule has 0 N–H and O–H groups in total. The summed E-state index contributed by atoms with van der Waals surface area (Å²) in [4.78, 5) is 38.5. The van der Waals surface area contributed by atoms with Crippen LogP contribution in [0, 0.1) is 29.9 Å². The molecule has 9 heteroatoms. The number of nitrogens with zero attached hydrogens (tertiary/aromatic N) is 5. The number of hydrogen-bond acceptors (Lipinski definition) is 5. The zero-order chi connectivity index (χ0) is 17.4. The molecular weight excluding hydrogens is 314 g/mol. The van der Waals surface area contributed by atoms with E-state index in [1.807, 2.05) is 4.90 Å². The van der Waals surface area contributed by atoms with Crippen LogP contribution in [-0.2, 0) is 16.1 Å². The van der Waals surface area contributed by atoms with Crippen molar-refractivity contribution in [3.8, 4) is 0 Å². The smallest absolute Gasteiger partial charge is 0.312 e. The molecule has 0 spiro atoms. The maximum atomic E-state index is 12.4. The van der Waals surface area contributed by atoms with E-state index in [-0.39, 0.29) is 30.0 Å². The van der Waals surface area contributed by atoms with Crippen LogP contribution in [0.25, 0.3) is 0 Å². The van der Waals surface area contributed by atoms with Crippen LogP contribution < -0.4 is 0 Å². The quantitative estimate of drug-likeness (QED) is 0.588. The summed E-state index contributed by atoms with van der Waals surface area (Å²) in [6.07, 6.45) is 1.96. The molecule has 0 bridgehead atoms. The van der Waals surface area contributed by atoms with E-state index in [0.717, 1.165) is 12.8 Å². The second-order valence-electron chi connectivity index (χ2n) is 6.41. The molecule has 3 rings (SSSR count). The van der Waals surface area contributed by atoms with Crippen LogP contribution in [0.4, 0.5) is 5.69 Å². The molecule has 2 aliphatic rings. The molecule has 0 aromatic carbocycles. The van der Waals surface area contributed by atoms with Gasteiger partial charge in [-0.2, -0.15) is 5.10 Å². The highest BCUT2D eigenvalue weighted by molar-refractivity contribution is 5.81. The third-order valence-electron chi connectivity index (χ3n) is 4.68. The minimum absolute atomic E-state index is 0.0168. The number of amides is 2. The van der Waals surface area contributed by atoms with Crippen molar-refractivity contribution in [3.05, 3.63) is 21.5 Å². The van der Waals surface area contributed by atoms with Gasteiger partial charge >= 0.3 is 5.69 Å². The van der Waals surface area contributed by atoms with E-state index in [1.54, 1.807) is 18.7 Å². The molecule has 24 heavy (non-hydrogen) atoms. The van der Waals surface area contributed by atoms with Crippen molar-refractivity contribution >= 4 is 17.5 Å². The number of carbonyl (C=O) groups excluding carboxylic acids is 2. The average Bonchev–Trinajstić information content (AvgIpc) is 3.34. The first-order chi connectivity index (χ1) is 11.4. The zero-order valence-electron chi connectivity index (χ0n) is 13.9. The fourth-order valence-electron chi connectivity index (χ4n) is 3.10. The van der Waals surface area contributed by atoms with Gasteiger partial charge in [0.05, 0.1) is 4.92 Å². The van der Waals surface area contributed by atoms with Crippen LogP contribution in [0.3, 0.4) is 0 Å². The fourth-order valence-corrected chi connectivity index (χ4v) is 3.10. The molecular formula is C15H21N5O4. The second-order valence-corrected chi connectivity index (χ2v) is 6.41. The number of aryl methyl sites for hydroxylation is 1. The van der Waals surface area contributed by atoms with E-state index in [2.05, 4.69) is 5.10 Å². The van der Waals surface area contributed by atoms with E-state index >= 15 is 0 Å². The van der Waals surface area contributed by atoms with E-state index in [9.17, 15) is 19.7 Å². The molecule has 1 aliphatic carbocycles. The molecule has 1 aromatic heterocycles. The predicted octanol–water partition coefficient (Wildman–Crippen LogP) is 0.489. The number of carbonyl (C=O) groups is 2. The third kappa shape index (κ3) is 3.10. The molecule has 2 amide bonds. The van der Waals surface area contributed by atoms with Crippen molar-refractivity contribution in [2.45, 2.75) is 33.2 Å². The minimum atomic E-state index is -0.471. The van der Waals surface area contributed by atoms with Gasteiger partial charge in [0.15, 0.2) is 0 Å². The van der Waals surface area contributed by atoms with E-state index in [1.165, 1.54) is 4.68 Å². The van der Waals surface area contributed by atoms with Crippen LogP contribution in [-0.4, -0.2) is 62.5 Å². The van der Waals surface area contributed by atoms with Crippen LogP contribution >= 0.6 is 0 Å². The third-order valence-corrected chi connectivity index (χ3v) is 4.68. The Morgan fingerprint density at radius 1 is 1.17 bits per heavy atom. The first-order valence-electron chi connectivity index (χ1n) is 8.13. The van der Waals surface area contributed by atoms with Gasteiger partial charge in [0.1, 0.15) is 17.9 Å².